The number of aryl methyl sites for hydroxylation is 1. The highest BCUT2D eigenvalue weighted by Gasteiger charge is 2.26. The number of hydrogen-bond acceptors (Lipinski definition) is 4. The Balaban J connectivity index is 1.18. The van der Waals surface area contributed by atoms with E-state index in [4.69, 9.17) is 0 Å². The van der Waals surface area contributed by atoms with Crippen LogP contribution in [0.2, 0.25) is 0 Å². The predicted molar refractivity (Wildman–Crippen MR) is 123 cm³/mol. The van der Waals surface area contributed by atoms with Crippen molar-refractivity contribution in [3.05, 3.63) is 36.0 Å². The lowest BCUT2D eigenvalue weighted by atomic mass is 10.0. The van der Waals surface area contributed by atoms with Gasteiger partial charge in [-0.2, -0.15) is 0 Å². The second-order valence-electron chi connectivity index (χ2n) is 8.82. The van der Waals surface area contributed by atoms with E-state index in [1.165, 1.54) is 12.8 Å². The number of pyridine rings is 1. The number of piperidine rings is 1. The second kappa shape index (κ2) is 10.1. The number of para-hydroxylation sites is 1. The van der Waals surface area contributed by atoms with Crippen LogP contribution in [0.1, 0.15) is 44.2 Å². The molecule has 0 spiro atoms. The summed E-state index contributed by atoms with van der Waals surface area (Å²) in [6.45, 7) is 5.23. The number of anilines is 1. The third kappa shape index (κ3) is 5.73. The number of carbonyl (C=O) groups is 2. The SMILES string of the molecule is Cc1cc(NC(=O)NCCN2CCC(NC(=O)C3CCCC3)CC2)c2ccccc2n1. The summed E-state index contributed by atoms with van der Waals surface area (Å²) in [5, 5.41) is 10.1. The first-order valence-electron chi connectivity index (χ1n) is 11.5. The van der Waals surface area contributed by atoms with Gasteiger partial charge in [-0.3, -0.25) is 9.78 Å². The molecule has 2 fully saturated rings. The van der Waals surface area contributed by atoms with Crippen LogP contribution in [-0.2, 0) is 4.79 Å². The van der Waals surface area contributed by atoms with Crippen LogP contribution in [-0.4, -0.2) is 54.0 Å². The van der Waals surface area contributed by atoms with Gasteiger partial charge in [-0.15, -0.1) is 0 Å². The van der Waals surface area contributed by atoms with Crippen molar-refractivity contribution in [3.63, 3.8) is 0 Å². The minimum atomic E-state index is -0.200. The molecule has 1 aliphatic heterocycles. The average molecular weight is 424 g/mol. The standard InChI is InChI=1S/C24H33N5O2/c1-17-16-22(20-8-4-5-9-21(20)26-17)28-24(31)25-12-15-29-13-10-19(11-14-29)27-23(30)18-6-2-3-7-18/h4-5,8-9,16,18-19H,2-3,6-7,10-15H2,1H3,(H,27,30)(H2,25,26,28,31). The van der Waals surface area contributed by atoms with Crippen LogP contribution in [0.4, 0.5) is 10.5 Å². The fourth-order valence-electron chi connectivity index (χ4n) is 4.71. The molecule has 3 N–H and O–H groups in total. The Morgan fingerprint density at radius 2 is 1.84 bits per heavy atom. The number of carbonyl (C=O) groups excluding carboxylic acids is 2. The van der Waals surface area contributed by atoms with Crippen LogP contribution in [0, 0.1) is 12.8 Å². The molecule has 1 aromatic carbocycles. The summed E-state index contributed by atoms with van der Waals surface area (Å²) in [5.41, 5.74) is 2.53. The lowest BCUT2D eigenvalue weighted by Crippen LogP contribution is -2.47. The quantitative estimate of drug-likeness (QED) is 0.664. The molecule has 2 heterocycles. The zero-order valence-electron chi connectivity index (χ0n) is 18.3. The Morgan fingerprint density at radius 1 is 1.10 bits per heavy atom. The number of nitrogens with one attached hydrogen (secondary N) is 3. The third-order valence-corrected chi connectivity index (χ3v) is 6.47. The van der Waals surface area contributed by atoms with Gasteiger partial charge in [0.15, 0.2) is 0 Å². The van der Waals surface area contributed by atoms with Crippen molar-refractivity contribution in [2.45, 2.75) is 51.5 Å². The van der Waals surface area contributed by atoms with Crippen molar-refractivity contribution in [1.29, 1.82) is 0 Å². The van der Waals surface area contributed by atoms with E-state index in [-0.39, 0.29) is 17.9 Å². The molecule has 1 saturated carbocycles. The summed E-state index contributed by atoms with van der Waals surface area (Å²) in [7, 11) is 0. The first-order valence-corrected chi connectivity index (χ1v) is 11.5. The molecule has 7 nitrogen and oxygen atoms in total. The average Bonchev–Trinajstić information content (AvgIpc) is 3.30. The fourth-order valence-corrected chi connectivity index (χ4v) is 4.71. The van der Waals surface area contributed by atoms with Gasteiger partial charge in [0.1, 0.15) is 0 Å². The van der Waals surface area contributed by atoms with Crippen molar-refractivity contribution in [2.24, 2.45) is 5.92 Å². The van der Waals surface area contributed by atoms with E-state index < -0.39 is 0 Å². The number of amides is 3. The van der Waals surface area contributed by atoms with Gasteiger partial charge in [0.05, 0.1) is 11.2 Å². The largest absolute Gasteiger partial charge is 0.353 e. The van der Waals surface area contributed by atoms with Crippen LogP contribution >= 0.6 is 0 Å². The van der Waals surface area contributed by atoms with E-state index >= 15 is 0 Å². The summed E-state index contributed by atoms with van der Waals surface area (Å²) in [6, 6.07) is 9.80. The van der Waals surface area contributed by atoms with Crippen LogP contribution in [0.3, 0.4) is 0 Å². The summed E-state index contributed by atoms with van der Waals surface area (Å²) in [4.78, 5) is 31.6. The van der Waals surface area contributed by atoms with Gasteiger partial charge in [0.2, 0.25) is 5.91 Å². The fraction of sp³-hybridized carbons (Fsp3) is 0.542. The molecule has 1 saturated heterocycles. The van der Waals surface area contributed by atoms with Crippen molar-refractivity contribution < 1.29 is 9.59 Å². The molecule has 0 radical (unpaired) electrons. The van der Waals surface area contributed by atoms with Gasteiger partial charge in [-0.25, -0.2) is 4.79 Å². The topological polar surface area (TPSA) is 86.4 Å². The number of nitrogens with zero attached hydrogens (tertiary/aromatic N) is 2. The monoisotopic (exact) mass is 423 g/mol. The van der Waals surface area contributed by atoms with Crippen molar-refractivity contribution in [3.8, 4) is 0 Å². The first-order chi connectivity index (χ1) is 15.1. The Labute approximate surface area is 184 Å². The van der Waals surface area contributed by atoms with Gasteiger partial charge in [-0.1, -0.05) is 31.0 Å². The van der Waals surface area contributed by atoms with E-state index in [1.54, 1.807) is 0 Å². The van der Waals surface area contributed by atoms with Gasteiger partial charge in [0, 0.05) is 49.2 Å². The number of aromatic nitrogens is 1. The lowest BCUT2D eigenvalue weighted by Gasteiger charge is -2.32. The van der Waals surface area contributed by atoms with E-state index in [9.17, 15) is 9.59 Å². The molecule has 166 valence electrons. The molecule has 1 aromatic heterocycles. The molecule has 1 aliphatic carbocycles. The molecule has 2 aromatic rings. The van der Waals surface area contributed by atoms with E-state index in [2.05, 4.69) is 25.8 Å². The molecular formula is C24H33N5O2. The highest BCUT2D eigenvalue weighted by Crippen LogP contribution is 2.25. The van der Waals surface area contributed by atoms with Gasteiger partial charge in [-0.05, 0) is 44.7 Å². The van der Waals surface area contributed by atoms with Crippen LogP contribution in [0.25, 0.3) is 10.9 Å². The minimum absolute atomic E-state index is 0.200. The number of urea groups is 1. The van der Waals surface area contributed by atoms with E-state index in [1.807, 2.05) is 37.3 Å². The number of fused-ring (bicyclic) bond motifs is 1. The molecule has 31 heavy (non-hydrogen) atoms. The van der Waals surface area contributed by atoms with E-state index in [0.29, 0.717) is 12.6 Å². The third-order valence-electron chi connectivity index (χ3n) is 6.47. The molecular weight excluding hydrogens is 390 g/mol. The molecule has 0 bridgehead atoms. The molecule has 7 heteroatoms. The number of benzene rings is 1. The Kier molecular flexibility index (Phi) is 7.02. The van der Waals surface area contributed by atoms with Crippen molar-refractivity contribution in [1.82, 2.24) is 20.5 Å². The molecule has 0 atom stereocenters. The highest BCUT2D eigenvalue weighted by atomic mass is 16.2. The summed E-state index contributed by atoms with van der Waals surface area (Å²) < 4.78 is 0. The van der Waals surface area contributed by atoms with Gasteiger partial charge < -0.3 is 20.9 Å². The zero-order chi connectivity index (χ0) is 21.6. The summed E-state index contributed by atoms with van der Waals surface area (Å²) in [6.07, 6.45) is 6.43. The smallest absolute Gasteiger partial charge is 0.319 e. The van der Waals surface area contributed by atoms with Crippen LogP contribution in [0.5, 0.6) is 0 Å². The Morgan fingerprint density at radius 3 is 2.61 bits per heavy atom. The number of likely N-dealkylation sites (tertiary alicyclic amines) is 1. The predicted octanol–water partition coefficient (Wildman–Crippen LogP) is 3.44. The molecule has 2 aliphatic rings. The normalized spacial score (nSPS) is 18.2. The number of rotatable bonds is 6. The maximum Gasteiger partial charge on any atom is 0.319 e. The summed E-state index contributed by atoms with van der Waals surface area (Å²) in [5.74, 6) is 0.496. The lowest BCUT2D eigenvalue weighted by molar-refractivity contribution is -0.125. The highest BCUT2D eigenvalue weighted by molar-refractivity contribution is 6.00. The zero-order valence-corrected chi connectivity index (χ0v) is 18.3. The van der Waals surface area contributed by atoms with Crippen molar-refractivity contribution >= 4 is 28.5 Å². The van der Waals surface area contributed by atoms with E-state index in [0.717, 1.165) is 67.6 Å². The van der Waals surface area contributed by atoms with Crippen molar-refractivity contribution in [2.75, 3.05) is 31.5 Å². The van der Waals surface area contributed by atoms with Crippen LogP contribution in [0.15, 0.2) is 30.3 Å². The second-order valence-corrected chi connectivity index (χ2v) is 8.82. The Bertz CT molecular complexity index is 917. The maximum absolute atomic E-state index is 12.4. The minimum Gasteiger partial charge on any atom is -0.353 e. The number of hydrogen-bond donors (Lipinski definition) is 3. The van der Waals surface area contributed by atoms with Gasteiger partial charge in [0.25, 0.3) is 0 Å². The molecule has 3 amide bonds. The first kappa shape index (κ1) is 21.6. The summed E-state index contributed by atoms with van der Waals surface area (Å²) >= 11 is 0. The Hall–Kier alpha value is -2.67. The molecule has 4 rings (SSSR count). The van der Waals surface area contributed by atoms with Crippen LogP contribution < -0.4 is 16.0 Å². The maximum atomic E-state index is 12.4. The molecule has 0 unspecified atom stereocenters. The van der Waals surface area contributed by atoms with Gasteiger partial charge >= 0.3 is 6.03 Å².